The Labute approximate surface area is 134 Å². The second-order valence-corrected chi connectivity index (χ2v) is 5.83. The van der Waals surface area contributed by atoms with E-state index in [2.05, 4.69) is 10.6 Å². The quantitative estimate of drug-likeness (QED) is 0.798. The van der Waals surface area contributed by atoms with Gasteiger partial charge in [-0.15, -0.1) is 0 Å². The summed E-state index contributed by atoms with van der Waals surface area (Å²) in [7, 11) is 1.64. The lowest BCUT2D eigenvalue weighted by Gasteiger charge is -2.26. The average molecular weight is 317 g/mol. The van der Waals surface area contributed by atoms with Crippen LogP contribution in [-0.4, -0.2) is 37.4 Å². The van der Waals surface area contributed by atoms with Crippen molar-refractivity contribution in [2.45, 2.75) is 31.7 Å². The van der Waals surface area contributed by atoms with Crippen molar-refractivity contribution in [2.24, 2.45) is 0 Å². The zero-order valence-electron chi connectivity index (χ0n) is 12.9. The standard InChI is InChI=1S/C16H19N3O4/c1-19-12-8-11(6-7-13(12)23-9-14(19)20)18-16(22)15(21)17-10-4-2-3-5-10/h6-8,10H,2-5,9H2,1H3,(H,17,21)(H,18,22). The third-order valence-electron chi connectivity index (χ3n) is 4.20. The Morgan fingerprint density at radius 3 is 2.70 bits per heavy atom. The maximum atomic E-state index is 12.0. The molecular formula is C16H19N3O4. The highest BCUT2D eigenvalue weighted by Crippen LogP contribution is 2.33. The van der Waals surface area contributed by atoms with E-state index in [1.807, 2.05) is 0 Å². The summed E-state index contributed by atoms with van der Waals surface area (Å²) in [4.78, 5) is 37.0. The van der Waals surface area contributed by atoms with E-state index in [1.54, 1.807) is 25.2 Å². The van der Waals surface area contributed by atoms with E-state index >= 15 is 0 Å². The van der Waals surface area contributed by atoms with E-state index < -0.39 is 11.8 Å². The Morgan fingerprint density at radius 2 is 1.96 bits per heavy atom. The van der Waals surface area contributed by atoms with E-state index in [0.29, 0.717) is 17.1 Å². The number of likely N-dealkylation sites (N-methyl/N-ethyl adjacent to an activating group) is 1. The molecule has 1 heterocycles. The minimum Gasteiger partial charge on any atom is -0.482 e. The van der Waals surface area contributed by atoms with Gasteiger partial charge in [-0.3, -0.25) is 14.4 Å². The Bertz CT molecular complexity index is 653. The molecular weight excluding hydrogens is 298 g/mol. The SMILES string of the molecule is CN1C(=O)COc2ccc(NC(=O)C(=O)NC3CCCC3)cc21. The number of nitrogens with zero attached hydrogens (tertiary/aromatic N) is 1. The maximum absolute atomic E-state index is 12.0. The van der Waals surface area contributed by atoms with E-state index in [0.717, 1.165) is 25.7 Å². The molecule has 1 aromatic carbocycles. The monoisotopic (exact) mass is 317 g/mol. The number of amides is 3. The third-order valence-corrected chi connectivity index (χ3v) is 4.20. The number of anilines is 2. The molecule has 0 bridgehead atoms. The number of rotatable bonds is 2. The molecule has 23 heavy (non-hydrogen) atoms. The summed E-state index contributed by atoms with van der Waals surface area (Å²) in [6.45, 7) is -0.000992. The lowest BCUT2D eigenvalue weighted by atomic mass is 10.2. The smallest absolute Gasteiger partial charge is 0.313 e. The average Bonchev–Trinajstić information content (AvgIpc) is 3.04. The largest absolute Gasteiger partial charge is 0.482 e. The van der Waals surface area contributed by atoms with Gasteiger partial charge in [0.15, 0.2) is 6.61 Å². The fourth-order valence-electron chi connectivity index (χ4n) is 2.86. The third kappa shape index (κ3) is 3.28. The lowest BCUT2D eigenvalue weighted by molar-refractivity contribution is -0.136. The second kappa shape index (κ2) is 6.28. The Balaban J connectivity index is 1.66. The van der Waals surface area contributed by atoms with Gasteiger partial charge in [0, 0.05) is 18.8 Å². The zero-order valence-corrected chi connectivity index (χ0v) is 12.9. The molecule has 2 N–H and O–H groups in total. The number of ether oxygens (including phenoxy) is 1. The highest BCUT2D eigenvalue weighted by atomic mass is 16.5. The normalized spacial score (nSPS) is 17.4. The van der Waals surface area contributed by atoms with Crippen molar-refractivity contribution in [3.05, 3.63) is 18.2 Å². The number of carbonyl (C=O) groups is 3. The van der Waals surface area contributed by atoms with Crippen LogP contribution >= 0.6 is 0 Å². The van der Waals surface area contributed by atoms with Crippen molar-refractivity contribution in [3.63, 3.8) is 0 Å². The number of hydrogen-bond acceptors (Lipinski definition) is 4. The first-order valence-corrected chi connectivity index (χ1v) is 7.70. The fourth-order valence-corrected chi connectivity index (χ4v) is 2.86. The van der Waals surface area contributed by atoms with E-state index in [9.17, 15) is 14.4 Å². The van der Waals surface area contributed by atoms with Gasteiger partial charge >= 0.3 is 11.8 Å². The molecule has 7 nitrogen and oxygen atoms in total. The fraction of sp³-hybridized carbons (Fsp3) is 0.438. The minimum absolute atomic E-state index is 0.000992. The number of carbonyl (C=O) groups excluding carboxylic acids is 3. The summed E-state index contributed by atoms with van der Waals surface area (Å²) < 4.78 is 5.32. The summed E-state index contributed by atoms with van der Waals surface area (Å²) in [5, 5.41) is 5.29. The molecule has 0 aromatic heterocycles. The molecule has 1 aliphatic carbocycles. The highest BCUT2D eigenvalue weighted by molar-refractivity contribution is 6.39. The second-order valence-electron chi connectivity index (χ2n) is 5.83. The number of nitrogens with one attached hydrogen (secondary N) is 2. The highest BCUT2D eigenvalue weighted by Gasteiger charge is 2.24. The van der Waals surface area contributed by atoms with E-state index in [-0.39, 0.29) is 18.6 Å². The molecule has 0 unspecified atom stereocenters. The van der Waals surface area contributed by atoms with Crippen molar-refractivity contribution in [1.82, 2.24) is 5.32 Å². The van der Waals surface area contributed by atoms with Crippen LogP contribution in [0.5, 0.6) is 5.75 Å². The van der Waals surface area contributed by atoms with Crippen LogP contribution < -0.4 is 20.3 Å². The van der Waals surface area contributed by atoms with E-state index in [4.69, 9.17) is 4.74 Å². The first-order valence-electron chi connectivity index (χ1n) is 7.70. The van der Waals surface area contributed by atoms with Crippen LogP contribution in [0.2, 0.25) is 0 Å². The van der Waals surface area contributed by atoms with Crippen molar-refractivity contribution in [2.75, 3.05) is 23.9 Å². The van der Waals surface area contributed by atoms with Gasteiger partial charge in [0.25, 0.3) is 5.91 Å². The zero-order chi connectivity index (χ0) is 16.4. The molecule has 1 aliphatic heterocycles. The van der Waals surface area contributed by atoms with Crippen molar-refractivity contribution < 1.29 is 19.1 Å². The molecule has 1 saturated carbocycles. The molecule has 2 aliphatic rings. The number of hydrogen-bond donors (Lipinski definition) is 2. The number of benzene rings is 1. The molecule has 0 spiro atoms. The van der Waals surface area contributed by atoms with Gasteiger partial charge in [-0.25, -0.2) is 0 Å². The summed E-state index contributed by atoms with van der Waals surface area (Å²) in [5.74, 6) is -0.932. The first kappa shape index (κ1) is 15.3. The summed E-state index contributed by atoms with van der Waals surface area (Å²) in [6.07, 6.45) is 4.00. The molecule has 1 aromatic rings. The molecule has 3 rings (SSSR count). The Hall–Kier alpha value is -2.57. The van der Waals surface area contributed by atoms with Gasteiger partial charge < -0.3 is 20.3 Å². The predicted octanol–water partition coefficient (Wildman–Crippen LogP) is 1.04. The minimum atomic E-state index is -0.706. The molecule has 1 fully saturated rings. The maximum Gasteiger partial charge on any atom is 0.313 e. The summed E-state index contributed by atoms with van der Waals surface area (Å²) in [5.41, 5.74) is 1.01. The van der Waals surface area contributed by atoms with Crippen LogP contribution in [0, 0.1) is 0 Å². The van der Waals surface area contributed by atoms with Crippen molar-refractivity contribution in [1.29, 1.82) is 0 Å². The molecule has 122 valence electrons. The Morgan fingerprint density at radius 1 is 1.22 bits per heavy atom. The van der Waals surface area contributed by atoms with Crippen LogP contribution in [0.4, 0.5) is 11.4 Å². The van der Waals surface area contributed by atoms with Gasteiger partial charge in [-0.2, -0.15) is 0 Å². The van der Waals surface area contributed by atoms with Crippen molar-refractivity contribution in [3.8, 4) is 5.75 Å². The van der Waals surface area contributed by atoms with Gasteiger partial charge in [0.1, 0.15) is 5.75 Å². The summed E-state index contributed by atoms with van der Waals surface area (Å²) in [6, 6.07) is 5.02. The van der Waals surface area contributed by atoms with Crippen molar-refractivity contribution >= 4 is 29.1 Å². The molecule has 3 amide bonds. The predicted molar refractivity (Wildman–Crippen MR) is 84.4 cm³/mol. The topological polar surface area (TPSA) is 87.7 Å². The molecule has 0 radical (unpaired) electrons. The molecule has 0 saturated heterocycles. The van der Waals surface area contributed by atoms with Gasteiger partial charge in [0.05, 0.1) is 5.69 Å². The van der Waals surface area contributed by atoms with Gasteiger partial charge in [-0.1, -0.05) is 12.8 Å². The van der Waals surface area contributed by atoms with Gasteiger partial charge in [0.2, 0.25) is 0 Å². The summed E-state index contributed by atoms with van der Waals surface area (Å²) >= 11 is 0. The van der Waals surface area contributed by atoms with Crippen LogP contribution in [-0.2, 0) is 14.4 Å². The lowest BCUT2D eigenvalue weighted by Crippen LogP contribution is -2.40. The first-order chi connectivity index (χ1) is 11.0. The van der Waals surface area contributed by atoms with Crippen LogP contribution in [0.15, 0.2) is 18.2 Å². The Kier molecular flexibility index (Phi) is 4.18. The van der Waals surface area contributed by atoms with Crippen LogP contribution in [0.1, 0.15) is 25.7 Å². The van der Waals surface area contributed by atoms with Crippen LogP contribution in [0.3, 0.4) is 0 Å². The molecule has 0 atom stereocenters. The van der Waals surface area contributed by atoms with Gasteiger partial charge in [-0.05, 0) is 31.0 Å². The molecule has 7 heteroatoms. The number of fused-ring (bicyclic) bond motifs is 1. The van der Waals surface area contributed by atoms with E-state index in [1.165, 1.54) is 4.90 Å². The van der Waals surface area contributed by atoms with Crippen LogP contribution in [0.25, 0.3) is 0 Å².